The molecule has 6 aromatic rings. The molecule has 8 heteroatoms. The summed E-state index contributed by atoms with van der Waals surface area (Å²) in [5.41, 5.74) is 5.42. The normalized spacial score (nSPS) is 19.3. The second-order valence-electron chi connectivity index (χ2n) is 13.8. The molecule has 0 saturated carbocycles. The molecule has 1 saturated heterocycles. The standard InChI is InChI=1S/C45H44N2O6/c1-29(51-30(2)49)44(50)46-37-17-11-16-36(25-37)45-52-41(42(32-12-5-4-6-13-32)43(53-45)33-22-20-31(28-48)21-23-33)27-47(3)26-40-38-18-9-7-14-34(38)24-35-15-8-10-19-39(35)40/h4-25,29,41-43,45,48H,26-28H2,1-3H3,(H,46,50)/t29-,41+,42+,43-,45?/m0/s1. The Morgan fingerprint density at radius 2 is 1.42 bits per heavy atom. The number of benzene rings is 6. The van der Waals surface area contributed by atoms with E-state index in [0.29, 0.717) is 18.8 Å². The van der Waals surface area contributed by atoms with Crippen LogP contribution in [0.3, 0.4) is 0 Å². The number of rotatable bonds is 11. The smallest absolute Gasteiger partial charge is 0.303 e. The fraction of sp³-hybridized carbons (Fsp3) is 0.244. The van der Waals surface area contributed by atoms with Crippen LogP contribution in [0.1, 0.15) is 60.0 Å². The van der Waals surface area contributed by atoms with Crippen molar-refractivity contribution in [3.8, 4) is 0 Å². The van der Waals surface area contributed by atoms with E-state index in [-0.39, 0.29) is 18.6 Å². The number of hydrogen-bond donors (Lipinski definition) is 2. The third kappa shape index (κ3) is 8.16. The first-order chi connectivity index (χ1) is 25.8. The third-order valence-corrected chi connectivity index (χ3v) is 9.91. The average Bonchev–Trinajstić information content (AvgIpc) is 3.17. The van der Waals surface area contributed by atoms with Crippen molar-refractivity contribution in [2.75, 3.05) is 18.9 Å². The monoisotopic (exact) mass is 708 g/mol. The van der Waals surface area contributed by atoms with E-state index in [1.807, 2.05) is 60.7 Å². The number of nitrogens with one attached hydrogen (secondary N) is 1. The van der Waals surface area contributed by atoms with Gasteiger partial charge in [0.05, 0.1) is 18.8 Å². The highest BCUT2D eigenvalue weighted by atomic mass is 16.7. The van der Waals surface area contributed by atoms with E-state index in [9.17, 15) is 14.7 Å². The molecular formula is C45H44N2O6. The Kier molecular flexibility index (Phi) is 10.9. The van der Waals surface area contributed by atoms with Gasteiger partial charge in [-0.2, -0.15) is 0 Å². The Hall–Kier alpha value is -5.38. The van der Waals surface area contributed by atoms with Crippen LogP contribution in [0.25, 0.3) is 21.5 Å². The van der Waals surface area contributed by atoms with E-state index < -0.39 is 30.4 Å². The molecule has 1 fully saturated rings. The number of amides is 1. The van der Waals surface area contributed by atoms with Crippen molar-refractivity contribution in [1.82, 2.24) is 4.90 Å². The summed E-state index contributed by atoms with van der Waals surface area (Å²) in [5.74, 6) is -1.14. The van der Waals surface area contributed by atoms with Gasteiger partial charge in [0.1, 0.15) is 0 Å². The van der Waals surface area contributed by atoms with Crippen LogP contribution in [0, 0.1) is 0 Å². The van der Waals surface area contributed by atoms with Gasteiger partial charge in [-0.25, -0.2) is 0 Å². The molecule has 53 heavy (non-hydrogen) atoms. The maximum absolute atomic E-state index is 12.8. The van der Waals surface area contributed by atoms with E-state index in [0.717, 1.165) is 22.3 Å². The number of aliphatic hydroxyl groups is 1. The van der Waals surface area contributed by atoms with Crippen molar-refractivity contribution < 1.29 is 28.9 Å². The van der Waals surface area contributed by atoms with Crippen molar-refractivity contribution in [2.45, 2.75) is 57.5 Å². The van der Waals surface area contributed by atoms with Gasteiger partial charge in [-0.1, -0.05) is 115 Å². The van der Waals surface area contributed by atoms with Crippen LogP contribution >= 0.6 is 0 Å². The zero-order chi connectivity index (χ0) is 36.9. The summed E-state index contributed by atoms with van der Waals surface area (Å²) in [6.45, 7) is 4.05. The first kappa shape index (κ1) is 36.0. The van der Waals surface area contributed by atoms with E-state index in [4.69, 9.17) is 14.2 Å². The van der Waals surface area contributed by atoms with E-state index in [1.165, 1.54) is 41.0 Å². The van der Waals surface area contributed by atoms with Crippen molar-refractivity contribution in [1.29, 1.82) is 0 Å². The van der Waals surface area contributed by atoms with Crippen molar-refractivity contribution in [3.63, 3.8) is 0 Å². The first-order valence-electron chi connectivity index (χ1n) is 18.0. The Morgan fingerprint density at radius 3 is 2.08 bits per heavy atom. The minimum absolute atomic E-state index is 0.0511. The van der Waals surface area contributed by atoms with Crippen molar-refractivity contribution >= 4 is 39.1 Å². The third-order valence-electron chi connectivity index (χ3n) is 9.91. The van der Waals surface area contributed by atoms with Gasteiger partial charge < -0.3 is 24.6 Å². The summed E-state index contributed by atoms with van der Waals surface area (Å²) in [6, 6.07) is 45.0. The van der Waals surface area contributed by atoms with E-state index >= 15 is 0 Å². The molecule has 0 bridgehead atoms. The highest BCUT2D eigenvalue weighted by Crippen LogP contribution is 2.47. The molecule has 1 amide bonds. The highest BCUT2D eigenvalue weighted by Gasteiger charge is 2.42. The van der Waals surface area contributed by atoms with Crippen LogP contribution in [-0.2, 0) is 37.0 Å². The van der Waals surface area contributed by atoms with Crippen LogP contribution in [0.15, 0.2) is 133 Å². The molecule has 6 aromatic carbocycles. The molecule has 1 aliphatic heterocycles. The molecule has 1 unspecified atom stereocenters. The quantitative estimate of drug-likeness (QED) is 0.103. The molecule has 7 rings (SSSR count). The number of hydrogen-bond acceptors (Lipinski definition) is 7. The predicted molar refractivity (Wildman–Crippen MR) is 207 cm³/mol. The maximum Gasteiger partial charge on any atom is 0.303 e. The number of fused-ring (bicyclic) bond motifs is 2. The Bertz CT molecular complexity index is 2150. The molecule has 0 aliphatic carbocycles. The number of ether oxygens (including phenoxy) is 3. The lowest BCUT2D eigenvalue weighted by molar-refractivity contribution is -0.263. The van der Waals surface area contributed by atoms with E-state index in [1.54, 1.807) is 6.07 Å². The SMILES string of the molecule is CC(=O)O[C@@H](C)C(=O)Nc1cccc(C2O[C@H](CN(C)Cc3c4ccccc4cc4ccccc34)[C@@H](c3ccccc3)[C@H](c3ccc(CO)cc3)O2)c1. The largest absolute Gasteiger partial charge is 0.453 e. The van der Waals surface area contributed by atoms with Crippen LogP contribution in [-0.4, -0.2) is 47.7 Å². The average molecular weight is 709 g/mol. The van der Waals surface area contributed by atoms with Gasteiger partial charge in [0.2, 0.25) is 0 Å². The Morgan fingerprint density at radius 1 is 0.774 bits per heavy atom. The summed E-state index contributed by atoms with van der Waals surface area (Å²) in [4.78, 5) is 26.6. The number of carbonyl (C=O) groups excluding carboxylic acids is 2. The molecule has 0 spiro atoms. The van der Waals surface area contributed by atoms with Gasteiger partial charge >= 0.3 is 5.97 Å². The molecule has 1 aliphatic rings. The van der Waals surface area contributed by atoms with Crippen LogP contribution < -0.4 is 5.32 Å². The van der Waals surface area contributed by atoms with Crippen LogP contribution in [0.2, 0.25) is 0 Å². The second kappa shape index (κ2) is 16.1. The molecular weight excluding hydrogens is 665 g/mol. The van der Waals surface area contributed by atoms with Crippen LogP contribution in [0.4, 0.5) is 5.69 Å². The Balaban J connectivity index is 1.25. The predicted octanol–water partition coefficient (Wildman–Crippen LogP) is 8.45. The van der Waals surface area contributed by atoms with Crippen molar-refractivity contribution in [2.24, 2.45) is 0 Å². The fourth-order valence-electron chi connectivity index (χ4n) is 7.39. The summed E-state index contributed by atoms with van der Waals surface area (Å²) in [5, 5.41) is 17.5. The fourth-order valence-corrected chi connectivity index (χ4v) is 7.39. The van der Waals surface area contributed by atoms with Gasteiger partial charge in [-0.05, 0) is 76.0 Å². The molecule has 270 valence electrons. The van der Waals surface area contributed by atoms with Gasteiger partial charge in [0, 0.05) is 37.2 Å². The van der Waals surface area contributed by atoms with Gasteiger partial charge in [0.15, 0.2) is 12.4 Å². The molecule has 5 atom stereocenters. The van der Waals surface area contributed by atoms with Gasteiger partial charge in [0.25, 0.3) is 5.91 Å². The summed E-state index contributed by atoms with van der Waals surface area (Å²) < 4.78 is 19.0. The van der Waals surface area contributed by atoms with Crippen LogP contribution in [0.5, 0.6) is 0 Å². The lowest BCUT2D eigenvalue weighted by Crippen LogP contribution is -2.43. The molecule has 0 radical (unpaired) electrons. The minimum Gasteiger partial charge on any atom is -0.453 e. The summed E-state index contributed by atoms with van der Waals surface area (Å²) in [7, 11) is 2.14. The molecule has 0 aromatic heterocycles. The van der Waals surface area contributed by atoms with Gasteiger partial charge in [-0.3, -0.25) is 14.5 Å². The molecule has 8 nitrogen and oxygen atoms in total. The number of anilines is 1. The zero-order valence-electron chi connectivity index (χ0n) is 30.1. The number of carbonyl (C=O) groups is 2. The highest BCUT2D eigenvalue weighted by molar-refractivity contribution is 6.02. The van der Waals surface area contributed by atoms with Gasteiger partial charge in [-0.15, -0.1) is 0 Å². The lowest BCUT2D eigenvalue weighted by Gasteiger charge is -2.44. The van der Waals surface area contributed by atoms with Crippen molar-refractivity contribution in [3.05, 3.63) is 161 Å². The maximum atomic E-state index is 12.8. The number of aliphatic hydroxyl groups excluding tert-OH is 1. The minimum atomic E-state index is -0.949. The summed E-state index contributed by atoms with van der Waals surface area (Å²) >= 11 is 0. The summed E-state index contributed by atoms with van der Waals surface area (Å²) in [6.07, 6.45) is -2.43. The molecule has 1 heterocycles. The lowest BCUT2D eigenvalue weighted by atomic mass is 9.83. The first-order valence-corrected chi connectivity index (χ1v) is 18.0. The zero-order valence-corrected chi connectivity index (χ0v) is 30.1. The Labute approximate surface area is 309 Å². The molecule has 2 N–H and O–H groups in total. The topological polar surface area (TPSA) is 97.3 Å². The van der Waals surface area contributed by atoms with E-state index in [2.05, 4.69) is 84.0 Å². The second-order valence-corrected chi connectivity index (χ2v) is 13.8. The number of nitrogens with zero attached hydrogens (tertiary/aromatic N) is 1. The number of esters is 1. The number of likely N-dealkylation sites (N-methyl/N-ethyl adjacent to an activating group) is 1.